The molecular formula is C13H15BrFNO. The van der Waals surface area contributed by atoms with E-state index in [9.17, 15) is 9.18 Å². The molecule has 92 valence electrons. The van der Waals surface area contributed by atoms with Gasteiger partial charge in [0.25, 0.3) is 5.91 Å². The van der Waals surface area contributed by atoms with Gasteiger partial charge in [0.15, 0.2) is 0 Å². The summed E-state index contributed by atoms with van der Waals surface area (Å²) in [5.74, 6) is 0.558. The molecule has 1 heterocycles. The molecule has 2 unspecified atom stereocenters. The Balaban J connectivity index is 2.17. The average molecular weight is 300 g/mol. The molecule has 1 fully saturated rings. The van der Waals surface area contributed by atoms with E-state index in [4.69, 9.17) is 0 Å². The second-order valence-electron chi connectivity index (χ2n) is 4.79. The van der Waals surface area contributed by atoms with Crippen LogP contribution in [-0.4, -0.2) is 23.9 Å². The fraction of sp³-hybridized carbons (Fsp3) is 0.462. The van der Waals surface area contributed by atoms with Gasteiger partial charge in [0, 0.05) is 18.7 Å². The van der Waals surface area contributed by atoms with Crippen molar-refractivity contribution in [3.8, 4) is 0 Å². The summed E-state index contributed by atoms with van der Waals surface area (Å²) in [6.45, 7) is 5.80. The summed E-state index contributed by atoms with van der Waals surface area (Å²) in [6.07, 6.45) is 0. The third kappa shape index (κ3) is 2.51. The minimum absolute atomic E-state index is 0.0763. The lowest BCUT2D eigenvalue weighted by Crippen LogP contribution is -2.28. The van der Waals surface area contributed by atoms with Gasteiger partial charge in [0.1, 0.15) is 5.82 Å². The topological polar surface area (TPSA) is 20.3 Å². The van der Waals surface area contributed by atoms with Gasteiger partial charge in [-0.05, 0) is 46.0 Å². The van der Waals surface area contributed by atoms with Gasteiger partial charge in [-0.15, -0.1) is 0 Å². The second-order valence-corrected chi connectivity index (χ2v) is 5.65. The van der Waals surface area contributed by atoms with Crippen molar-refractivity contribution in [3.05, 3.63) is 34.1 Å². The van der Waals surface area contributed by atoms with Gasteiger partial charge in [0.2, 0.25) is 0 Å². The van der Waals surface area contributed by atoms with Crippen molar-refractivity contribution in [1.29, 1.82) is 0 Å². The molecule has 0 aromatic heterocycles. The molecule has 0 saturated carbocycles. The molecule has 0 radical (unpaired) electrons. The fourth-order valence-electron chi connectivity index (χ4n) is 2.11. The standard InChI is InChI=1S/C13H15BrFNO/c1-8-6-16(7-9(8)2)13(17)10-3-4-11(14)12(15)5-10/h3-5,8-9H,6-7H2,1-2H3. The first-order valence-electron chi connectivity index (χ1n) is 5.73. The van der Waals surface area contributed by atoms with Crippen LogP contribution in [0, 0.1) is 17.7 Å². The van der Waals surface area contributed by atoms with Gasteiger partial charge in [-0.2, -0.15) is 0 Å². The largest absolute Gasteiger partial charge is 0.338 e. The van der Waals surface area contributed by atoms with E-state index in [-0.39, 0.29) is 5.91 Å². The molecule has 0 bridgehead atoms. The van der Waals surface area contributed by atoms with Gasteiger partial charge in [-0.1, -0.05) is 13.8 Å². The highest BCUT2D eigenvalue weighted by atomic mass is 79.9. The number of hydrogen-bond acceptors (Lipinski definition) is 1. The van der Waals surface area contributed by atoms with Crippen molar-refractivity contribution in [2.45, 2.75) is 13.8 Å². The summed E-state index contributed by atoms with van der Waals surface area (Å²) >= 11 is 3.08. The number of nitrogens with zero attached hydrogens (tertiary/aromatic N) is 1. The third-order valence-corrected chi connectivity index (χ3v) is 4.09. The molecule has 1 aliphatic rings. The van der Waals surface area contributed by atoms with Crippen molar-refractivity contribution in [1.82, 2.24) is 4.90 Å². The summed E-state index contributed by atoms with van der Waals surface area (Å²) in [6, 6.07) is 4.52. The Morgan fingerprint density at radius 2 is 1.94 bits per heavy atom. The highest BCUT2D eigenvalue weighted by molar-refractivity contribution is 9.10. The van der Waals surface area contributed by atoms with Crippen LogP contribution in [0.2, 0.25) is 0 Å². The zero-order chi connectivity index (χ0) is 12.6. The summed E-state index contributed by atoms with van der Waals surface area (Å²) in [4.78, 5) is 13.9. The maximum Gasteiger partial charge on any atom is 0.253 e. The van der Waals surface area contributed by atoms with Crippen LogP contribution in [0.25, 0.3) is 0 Å². The van der Waals surface area contributed by atoms with Gasteiger partial charge >= 0.3 is 0 Å². The van der Waals surface area contributed by atoms with E-state index in [1.165, 1.54) is 6.07 Å². The molecule has 1 aromatic carbocycles. The van der Waals surface area contributed by atoms with E-state index < -0.39 is 5.82 Å². The molecule has 1 saturated heterocycles. The highest BCUT2D eigenvalue weighted by Crippen LogP contribution is 2.24. The molecular weight excluding hydrogens is 285 g/mol. The first-order valence-corrected chi connectivity index (χ1v) is 6.52. The summed E-state index contributed by atoms with van der Waals surface area (Å²) in [7, 11) is 0. The molecule has 4 heteroatoms. The summed E-state index contributed by atoms with van der Waals surface area (Å²) in [5, 5.41) is 0. The molecule has 17 heavy (non-hydrogen) atoms. The minimum Gasteiger partial charge on any atom is -0.338 e. The zero-order valence-electron chi connectivity index (χ0n) is 9.91. The van der Waals surface area contributed by atoms with Crippen LogP contribution in [0.4, 0.5) is 4.39 Å². The van der Waals surface area contributed by atoms with E-state index >= 15 is 0 Å². The Morgan fingerprint density at radius 3 is 2.47 bits per heavy atom. The summed E-state index contributed by atoms with van der Waals surface area (Å²) in [5.41, 5.74) is 0.423. The monoisotopic (exact) mass is 299 g/mol. The van der Waals surface area contributed by atoms with Crippen molar-refractivity contribution >= 4 is 21.8 Å². The number of likely N-dealkylation sites (tertiary alicyclic amines) is 1. The van der Waals surface area contributed by atoms with E-state index in [1.807, 2.05) is 0 Å². The fourth-order valence-corrected chi connectivity index (χ4v) is 2.35. The molecule has 0 N–H and O–H groups in total. The van der Waals surface area contributed by atoms with E-state index in [0.717, 1.165) is 13.1 Å². The van der Waals surface area contributed by atoms with Gasteiger partial charge in [-0.25, -0.2) is 4.39 Å². The number of hydrogen-bond donors (Lipinski definition) is 0. The molecule has 1 amide bonds. The molecule has 1 aromatic rings. The van der Waals surface area contributed by atoms with Gasteiger partial charge in [-0.3, -0.25) is 4.79 Å². The number of amides is 1. The molecule has 1 aliphatic heterocycles. The van der Waals surface area contributed by atoms with Crippen LogP contribution in [0.1, 0.15) is 24.2 Å². The first-order chi connectivity index (χ1) is 7.99. The Hall–Kier alpha value is -0.900. The predicted octanol–water partition coefficient (Wildman–Crippen LogP) is 3.32. The van der Waals surface area contributed by atoms with Crippen LogP contribution in [0.15, 0.2) is 22.7 Å². The van der Waals surface area contributed by atoms with Crippen LogP contribution in [0.5, 0.6) is 0 Å². The lowest BCUT2D eigenvalue weighted by atomic mass is 10.0. The smallest absolute Gasteiger partial charge is 0.253 e. The third-order valence-electron chi connectivity index (χ3n) is 3.44. The molecule has 0 spiro atoms. The van der Waals surface area contributed by atoms with Gasteiger partial charge < -0.3 is 4.90 Å². The summed E-state index contributed by atoms with van der Waals surface area (Å²) < 4.78 is 13.7. The normalized spacial score (nSPS) is 24.1. The minimum atomic E-state index is -0.392. The van der Waals surface area contributed by atoms with E-state index in [2.05, 4.69) is 29.8 Å². The first kappa shape index (κ1) is 12.6. The number of carbonyl (C=O) groups is 1. The number of benzene rings is 1. The van der Waals surface area contributed by atoms with Crippen LogP contribution < -0.4 is 0 Å². The van der Waals surface area contributed by atoms with Gasteiger partial charge in [0.05, 0.1) is 4.47 Å². The Bertz CT molecular complexity index is 439. The van der Waals surface area contributed by atoms with Crippen molar-refractivity contribution in [2.75, 3.05) is 13.1 Å². The number of rotatable bonds is 1. The maximum absolute atomic E-state index is 13.4. The maximum atomic E-state index is 13.4. The lowest BCUT2D eigenvalue weighted by Gasteiger charge is -2.16. The number of carbonyl (C=O) groups excluding carboxylic acids is 1. The Labute approximate surface area is 109 Å². The Morgan fingerprint density at radius 1 is 1.35 bits per heavy atom. The molecule has 2 nitrogen and oxygen atoms in total. The zero-order valence-corrected chi connectivity index (χ0v) is 11.5. The van der Waals surface area contributed by atoms with E-state index in [0.29, 0.717) is 21.9 Å². The lowest BCUT2D eigenvalue weighted by molar-refractivity contribution is 0.0784. The van der Waals surface area contributed by atoms with Crippen molar-refractivity contribution in [2.24, 2.45) is 11.8 Å². The van der Waals surface area contributed by atoms with Crippen LogP contribution in [-0.2, 0) is 0 Å². The molecule has 0 aliphatic carbocycles. The van der Waals surface area contributed by atoms with Crippen molar-refractivity contribution in [3.63, 3.8) is 0 Å². The average Bonchev–Trinajstić information content (AvgIpc) is 2.62. The van der Waals surface area contributed by atoms with Crippen LogP contribution >= 0.6 is 15.9 Å². The highest BCUT2D eigenvalue weighted by Gasteiger charge is 2.29. The SMILES string of the molecule is CC1CN(C(=O)c2ccc(Br)c(F)c2)CC1C. The number of halogens is 2. The Kier molecular flexibility index (Phi) is 3.52. The predicted molar refractivity (Wildman–Crippen MR) is 68.3 cm³/mol. The van der Waals surface area contributed by atoms with Crippen LogP contribution in [0.3, 0.4) is 0 Å². The second kappa shape index (κ2) is 4.77. The van der Waals surface area contributed by atoms with Crippen molar-refractivity contribution < 1.29 is 9.18 Å². The molecule has 2 atom stereocenters. The van der Waals surface area contributed by atoms with E-state index in [1.54, 1.807) is 17.0 Å². The molecule has 2 rings (SSSR count). The quantitative estimate of drug-likeness (QED) is 0.779.